The van der Waals surface area contributed by atoms with Crippen LogP contribution in [0.15, 0.2) is 48.7 Å². The van der Waals surface area contributed by atoms with Crippen molar-refractivity contribution in [2.24, 2.45) is 0 Å². The quantitative estimate of drug-likeness (QED) is 0.586. The van der Waals surface area contributed by atoms with Gasteiger partial charge in [-0.1, -0.05) is 12.1 Å². The minimum absolute atomic E-state index is 0.0896. The lowest BCUT2D eigenvalue weighted by molar-refractivity contribution is 0.0963. The van der Waals surface area contributed by atoms with Crippen molar-refractivity contribution in [1.82, 2.24) is 19.7 Å². The first-order valence-electron chi connectivity index (χ1n) is 8.60. The average Bonchev–Trinajstić information content (AvgIpc) is 3.24. The summed E-state index contributed by atoms with van der Waals surface area (Å²) in [5.41, 5.74) is 3.36. The predicted octanol–water partition coefficient (Wildman–Crippen LogP) is 3.94. The minimum atomic E-state index is -0.644. The first-order valence-corrected chi connectivity index (χ1v) is 8.60. The largest absolute Gasteiger partial charge is 0.322 e. The number of nitrogens with one attached hydrogen (secondary N) is 1. The van der Waals surface area contributed by atoms with E-state index in [-0.39, 0.29) is 18.1 Å². The number of imidazole rings is 1. The van der Waals surface area contributed by atoms with Gasteiger partial charge in [-0.3, -0.25) is 4.79 Å². The SMILES string of the molecule is O=C1C[C@@H](c2cc(F)cc(F)c2)Cc2c1cnn2-c1nc2ccccc2[nH]1. The van der Waals surface area contributed by atoms with E-state index in [1.807, 2.05) is 24.3 Å². The van der Waals surface area contributed by atoms with E-state index in [2.05, 4.69) is 15.1 Å². The summed E-state index contributed by atoms with van der Waals surface area (Å²) < 4.78 is 28.8. The summed E-state index contributed by atoms with van der Waals surface area (Å²) in [6.07, 6.45) is 2.18. The number of fused-ring (bicyclic) bond motifs is 2. The van der Waals surface area contributed by atoms with Gasteiger partial charge in [0.05, 0.1) is 28.5 Å². The molecule has 0 saturated heterocycles. The summed E-state index contributed by atoms with van der Waals surface area (Å²) in [4.78, 5) is 20.3. The third-order valence-corrected chi connectivity index (χ3v) is 4.97. The summed E-state index contributed by atoms with van der Waals surface area (Å²) in [7, 11) is 0. The van der Waals surface area contributed by atoms with Crippen molar-refractivity contribution in [2.75, 3.05) is 0 Å². The number of rotatable bonds is 2. The molecule has 0 bridgehead atoms. The minimum Gasteiger partial charge on any atom is -0.322 e. The molecule has 134 valence electrons. The first kappa shape index (κ1) is 15.9. The number of carbonyl (C=O) groups excluding carboxylic acids is 1. The Morgan fingerprint density at radius 3 is 2.63 bits per heavy atom. The topological polar surface area (TPSA) is 63.6 Å². The average molecular weight is 364 g/mol. The molecule has 0 amide bonds. The number of hydrogen-bond acceptors (Lipinski definition) is 3. The van der Waals surface area contributed by atoms with Gasteiger partial charge >= 0.3 is 0 Å². The summed E-state index contributed by atoms with van der Waals surface area (Å²) in [6, 6.07) is 11.0. The molecule has 1 atom stereocenters. The molecular formula is C20H14F2N4O. The van der Waals surface area contributed by atoms with Crippen molar-refractivity contribution in [3.8, 4) is 5.95 Å². The van der Waals surface area contributed by atoms with Crippen LogP contribution in [0.5, 0.6) is 0 Å². The van der Waals surface area contributed by atoms with Crippen LogP contribution in [0.25, 0.3) is 17.0 Å². The van der Waals surface area contributed by atoms with E-state index in [0.717, 1.165) is 17.1 Å². The fourth-order valence-corrected chi connectivity index (χ4v) is 3.71. The number of halogens is 2. The summed E-state index contributed by atoms with van der Waals surface area (Å²) in [5.74, 6) is -1.18. The second-order valence-corrected chi connectivity index (χ2v) is 6.73. The Kier molecular flexibility index (Phi) is 3.43. The molecule has 2 aromatic carbocycles. The molecule has 1 N–H and O–H groups in total. The molecule has 5 rings (SSSR count). The van der Waals surface area contributed by atoms with Gasteiger partial charge in [-0.25, -0.2) is 18.4 Å². The van der Waals surface area contributed by atoms with Crippen LogP contribution < -0.4 is 0 Å². The zero-order valence-corrected chi connectivity index (χ0v) is 14.1. The standard InChI is InChI=1S/C20H14F2N4O/c21-13-5-11(6-14(22)9-13)12-7-18-15(19(27)8-12)10-23-26(18)20-24-16-3-1-2-4-17(16)25-20/h1-6,9-10,12H,7-8H2,(H,24,25)/t12-/m0/s1. The van der Waals surface area contributed by atoms with Crippen molar-refractivity contribution in [3.05, 3.63) is 77.1 Å². The van der Waals surface area contributed by atoms with Gasteiger partial charge in [0.25, 0.3) is 0 Å². The third kappa shape index (κ3) is 2.63. The summed E-state index contributed by atoms with van der Waals surface area (Å²) in [6.45, 7) is 0. The van der Waals surface area contributed by atoms with Crippen LogP contribution in [-0.2, 0) is 6.42 Å². The molecular weight excluding hydrogens is 350 g/mol. The number of H-pyrrole nitrogens is 1. The molecule has 7 heteroatoms. The van der Waals surface area contributed by atoms with E-state index in [1.54, 1.807) is 4.68 Å². The van der Waals surface area contributed by atoms with Gasteiger partial charge < -0.3 is 4.98 Å². The maximum atomic E-state index is 13.6. The van der Waals surface area contributed by atoms with Crippen LogP contribution in [0.4, 0.5) is 8.78 Å². The molecule has 0 aliphatic heterocycles. The lowest BCUT2D eigenvalue weighted by atomic mass is 9.82. The monoisotopic (exact) mass is 364 g/mol. The first-order chi connectivity index (χ1) is 13.1. The number of aromatic nitrogens is 4. The van der Waals surface area contributed by atoms with Crippen molar-refractivity contribution < 1.29 is 13.6 Å². The number of benzene rings is 2. The third-order valence-electron chi connectivity index (χ3n) is 4.97. The van der Waals surface area contributed by atoms with E-state index in [0.29, 0.717) is 29.2 Å². The Hall–Kier alpha value is -3.35. The highest BCUT2D eigenvalue weighted by atomic mass is 19.1. The van der Waals surface area contributed by atoms with Crippen molar-refractivity contribution >= 4 is 16.8 Å². The molecule has 2 heterocycles. The van der Waals surface area contributed by atoms with Crippen LogP contribution in [0.3, 0.4) is 0 Å². The van der Waals surface area contributed by atoms with Crippen LogP contribution in [0.2, 0.25) is 0 Å². The zero-order chi connectivity index (χ0) is 18.5. The van der Waals surface area contributed by atoms with Gasteiger partial charge in [0.1, 0.15) is 11.6 Å². The number of para-hydroxylation sites is 2. The van der Waals surface area contributed by atoms with Gasteiger partial charge in [-0.2, -0.15) is 5.10 Å². The highest BCUT2D eigenvalue weighted by Gasteiger charge is 2.31. The number of hydrogen-bond donors (Lipinski definition) is 1. The predicted molar refractivity (Wildman–Crippen MR) is 95.0 cm³/mol. The zero-order valence-electron chi connectivity index (χ0n) is 14.1. The number of nitrogens with zero attached hydrogens (tertiary/aromatic N) is 3. The lowest BCUT2D eigenvalue weighted by Crippen LogP contribution is -2.20. The molecule has 0 spiro atoms. The van der Waals surface area contributed by atoms with Gasteiger partial charge in [-0.15, -0.1) is 0 Å². The smallest absolute Gasteiger partial charge is 0.229 e. The van der Waals surface area contributed by atoms with E-state index >= 15 is 0 Å². The molecule has 0 saturated carbocycles. The number of carbonyl (C=O) groups is 1. The number of aromatic amines is 1. The Morgan fingerprint density at radius 1 is 1.07 bits per heavy atom. The van der Waals surface area contributed by atoms with Crippen molar-refractivity contribution in [1.29, 1.82) is 0 Å². The van der Waals surface area contributed by atoms with E-state index in [9.17, 15) is 13.6 Å². The van der Waals surface area contributed by atoms with Gasteiger partial charge in [-0.05, 0) is 42.2 Å². The van der Waals surface area contributed by atoms with Crippen LogP contribution in [-0.4, -0.2) is 25.5 Å². The highest BCUT2D eigenvalue weighted by Crippen LogP contribution is 2.34. The normalized spacial score (nSPS) is 16.7. The Balaban J connectivity index is 1.58. The molecule has 1 aliphatic carbocycles. The Labute approximate surface area is 152 Å². The molecule has 2 aromatic heterocycles. The van der Waals surface area contributed by atoms with Crippen LogP contribution >= 0.6 is 0 Å². The summed E-state index contributed by atoms with van der Waals surface area (Å²) >= 11 is 0. The van der Waals surface area contributed by atoms with Gasteiger partial charge in [0, 0.05) is 12.5 Å². The number of Topliss-reactive ketones (excluding diaryl/α,β-unsaturated/α-hetero) is 1. The second-order valence-electron chi connectivity index (χ2n) is 6.73. The molecule has 0 fully saturated rings. The lowest BCUT2D eigenvalue weighted by Gasteiger charge is -2.22. The second kappa shape index (κ2) is 5.84. The van der Waals surface area contributed by atoms with Gasteiger partial charge in [0.2, 0.25) is 5.95 Å². The van der Waals surface area contributed by atoms with Crippen molar-refractivity contribution in [3.63, 3.8) is 0 Å². The Bertz CT molecular complexity index is 1140. The van der Waals surface area contributed by atoms with E-state index < -0.39 is 11.6 Å². The fourth-order valence-electron chi connectivity index (χ4n) is 3.71. The molecule has 1 aliphatic rings. The van der Waals surface area contributed by atoms with Crippen LogP contribution in [0.1, 0.15) is 34.0 Å². The van der Waals surface area contributed by atoms with Crippen LogP contribution in [0, 0.1) is 11.6 Å². The van der Waals surface area contributed by atoms with Crippen molar-refractivity contribution in [2.45, 2.75) is 18.8 Å². The van der Waals surface area contributed by atoms with Gasteiger partial charge in [0.15, 0.2) is 5.78 Å². The molecule has 0 unspecified atom stereocenters. The molecule has 4 aromatic rings. The highest BCUT2D eigenvalue weighted by molar-refractivity contribution is 5.98. The molecule has 27 heavy (non-hydrogen) atoms. The molecule has 0 radical (unpaired) electrons. The maximum absolute atomic E-state index is 13.6. The molecule has 5 nitrogen and oxygen atoms in total. The fraction of sp³-hybridized carbons (Fsp3) is 0.150. The van der Waals surface area contributed by atoms with E-state index in [1.165, 1.54) is 18.3 Å². The number of ketones is 1. The Morgan fingerprint density at radius 2 is 1.85 bits per heavy atom. The summed E-state index contributed by atoms with van der Waals surface area (Å²) in [5, 5.41) is 4.33. The maximum Gasteiger partial charge on any atom is 0.229 e. The van der Waals surface area contributed by atoms with E-state index in [4.69, 9.17) is 0 Å².